The van der Waals surface area contributed by atoms with Gasteiger partial charge in [-0.1, -0.05) is 27.2 Å². The van der Waals surface area contributed by atoms with E-state index >= 15 is 0 Å². The summed E-state index contributed by atoms with van der Waals surface area (Å²) in [5, 5.41) is 3.71. The van der Waals surface area contributed by atoms with Crippen molar-refractivity contribution in [1.29, 1.82) is 0 Å². The molecule has 1 heteroatoms. The van der Waals surface area contributed by atoms with Gasteiger partial charge in [0.25, 0.3) is 0 Å². The van der Waals surface area contributed by atoms with Crippen LogP contribution in [0.4, 0.5) is 0 Å². The first-order valence-electron chi connectivity index (χ1n) is 5.87. The van der Waals surface area contributed by atoms with Gasteiger partial charge in [-0.2, -0.15) is 0 Å². The smallest absolute Gasteiger partial charge is 0.00746 e. The molecule has 1 saturated carbocycles. The maximum Gasteiger partial charge on any atom is 0.00746 e. The summed E-state index contributed by atoms with van der Waals surface area (Å²) < 4.78 is 0. The zero-order valence-electron chi connectivity index (χ0n) is 9.64. The van der Waals surface area contributed by atoms with Gasteiger partial charge in [-0.15, -0.1) is 0 Å². The van der Waals surface area contributed by atoms with Gasteiger partial charge in [0.15, 0.2) is 0 Å². The average molecular weight is 183 g/mol. The lowest BCUT2D eigenvalue weighted by Crippen LogP contribution is -2.44. The Hall–Kier alpha value is -0.0400. The highest BCUT2D eigenvalue weighted by Crippen LogP contribution is 2.27. The minimum absolute atomic E-state index is 0.715. The van der Waals surface area contributed by atoms with Gasteiger partial charge in [-0.25, -0.2) is 0 Å². The first-order valence-corrected chi connectivity index (χ1v) is 5.87. The zero-order chi connectivity index (χ0) is 9.84. The van der Waals surface area contributed by atoms with Crippen molar-refractivity contribution in [1.82, 2.24) is 5.32 Å². The third-order valence-corrected chi connectivity index (χ3v) is 3.35. The van der Waals surface area contributed by atoms with Gasteiger partial charge in [0.2, 0.25) is 0 Å². The summed E-state index contributed by atoms with van der Waals surface area (Å²) in [7, 11) is 0. The Morgan fingerprint density at radius 1 is 1.31 bits per heavy atom. The highest BCUT2D eigenvalue weighted by Gasteiger charge is 2.26. The standard InChI is InChI=1S/C12H25N/c1-5-9(2)6-11(4)13-12-7-10(3)8-12/h9-13H,5-8H2,1-4H3. The number of hydrogen-bond donors (Lipinski definition) is 1. The average Bonchev–Trinajstić information content (AvgIpc) is 2.01. The van der Waals surface area contributed by atoms with Crippen LogP contribution in [0.1, 0.15) is 53.4 Å². The Balaban J connectivity index is 2.07. The molecule has 78 valence electrons. The Labute approximate surface area is 83.3 Å². The summed E-state index contributed by atoms with van der Waals surface area (Å²) in [6.45, 7) is 9.30. The van der Waals surface area contributed by atoms with Crippen LogP contribution in [0.3, 0.4) is 0 Å². The molecule has 0 aromatic rings. The summed E-state index contributed by atoms with van der Waals surface area (Å²) >= 11 is 0. The van der Waals surface area contributed by atoms with Gasteiger partial charge in [0, 0.05) is 12.1 Å². The predicted octanol–water partition coefficient (Wildman–Crippen LogP) is 3.20. The molecule has 0 radical (unpaired) electrons. The Morgan fingerprint density at radius 3 is 2.38 bits per heavy atom. The molecule has 1 N–H and O–H groups in total. The molecule has 1 rings (SSSR count). The Kier molecular flexibility index (Phi) is 4.24. The third-order valence-electron chi connectivity index (χ3n) is 3.35. The summed E-state index contributed by atoms with van der Waals surface area (Å²) in [4.78, 5) is 0. The zero-order valence-corrected chi connectivity index (χ0v) is 9.64. The molecule has 13 heavy (non-hydrogen) atoms. The van der Waals surface area contributed by atoms with Crippen molar-refractivity contribution in [3.63, 3.8) is 0 Å². The quantitative estimate of drug-likeness (QED) is 0.690. The number of nitrogens with one attached hydrogen (secondary N) is 1. The third kappa shape index (κ3) is 3.68. The van der Waals surface area contributed by atoms with Gasteiger partial charge in [-0.05, 0) is 38.0 Å². The highest BCUT2D eigenvalue weighted by molar-refractivity contribution is 4.84. The van der Waals surface area contributed by atoms with Gasteiger partial charge >= 0.3 is 0 Å². The Bertz CT molecular complexity index is 138. The number of rotatable bonds is 5. The lowest BCUT2D eigenvalue weighted by atomic mass is 9.81. The van der Waals surface area contributed by atoms with E-state index in [1.54, 1.807) is 0 Å². The lowest BCUT2D eigenvalue weighted by molar-refractivity contribution is 0.216. The van der Waals surface area contributed by atoms with E-state index in [9.17, 15) is 0 Å². The molecular formula is C12H25N. The maximum atomic E-state index is 3.71. The molecule has 0 aliphatic heterocycles. The monoisotopic (exact) mass is 183 g/mol. The molecule has 1 fully saturated rings. The molecule has 0 bridgehead atoms. The van der Waals surface area contributed by atoms with Crippen LogP contribution in [0.25, 0.3) is 0 Å². The fourth-order valence-corrected chi connectivity index (χ4v) is 2.28. The molecule has 2 atom stereocenters. The minimum atomic E-state index is 0.715. The predicted molar refractivity (Wildman–Crippen MR) is 58.9 cm³/mol. The topological polar surface area (TPSA) is 12.0 Å². The fraction of sp³-hybridized carbons (Fsp3) is 1.00. The van der Waals surface area contributed by atoms with Crippen molar-refractivity contribution in [2.75, 3.05) is 0 Å². The second-order valence-electron chi connectivity index (χ2n) is 5.09. The van der Waals surface area contributed by atoms with Crippen molar-refractivity contribution in [3.8, 4) is 0 Å². The molecular weight excluding hydrogens is 158 g/mol. The van der Waals surface area contributed by atoms with Crippen LogP contribution in [0.15, 0.2) is 0 Å². The SMILES string of the molecule is CCC(C)CC(C)NC1CC(C)C1. The van der Waals surface area contributed by atoms with E-state index in [-0.39, 0.29) is 0 Å². The van der Waals surface area contributed by atoms with Crippen LogP contribution in [0, 0.1) is 11.8 Å². The van der Waals surface area contributed by atoms with Crippen LogP contribution in [-0.2, 0) is 0 Å². The fourth-order valence-electron chi connectivity index (χ4n) is 2.28. The van der Waals surface area contributed by atoms with Crippen LogP contribution in [0.2, 0.25) is 0 Å². The van der Waals surface area contributed by atoms with E-state index in [1.165, 1.54) is 25.7 Å². The maximum absolute atomic E-state index is 3.71. The normalized spacial score (nSPS) is 32.3. The molecule has 0 spiro atoms. The first-order chi connectivity index (χ1) is 6.11. The van der Waals surface area contributed by atoms with E-state index < -0.39 is 0 Å². The van der Waals surface area contributed by atoms with Crippen LogP contribution >= 0.6 is 0 Å². The summed E-state index contributed by atoms with van der Waals surface area (Å²) in [6, 6.07) is 1.54. The molecule has 1 aliphatic carbocycles. The van der Waals surface area contributed by atoms with Gasteiger partial charge in [0.1, 0.15) is 0 Å². The summed E-state index contributed by atoms with van der Waals surface area (Å²) in [5.41, 5.74) is 0. The number of hydrogen-bond acceptors (Lipinski definition) is 1. The highest BCUT2D eigenvalue weighted by atomic mass is 15.0. The van der Waals surface area contributed by atoms with Crippen molar-refractivity contribution < 1.29 is 0 Å². The Morgan fingerprint density at radius 2 is 1.92 bits per heavy atom. The second kappa shape index (κ2) is 4.99. The largest absolute Gasteiger partial charge is 0.311 e. The molecule has 0 saturated heterocycles. The summed E-state index contributed by atoms with van der Waals surface area (Å²) in [5.74, 6) is 1.84. The van der Waals surface area contributed by atoms with Crippen molar-refractivity contribution in [2.45, 2.75) is 65.5 Å². The van der Waals surface area contributed by atoms with Crippen molar-refractivity contribution >= 4 is 0 Å². The molecule has 0 aromatic carbocycles. The molecule has 1 nitrogen and oxygen atoms in total. The van der Waals surface area contributed by atoms with Crippen LogP contribution < -0.4 is 5.32 Å². The van der Waals surface area contributed by atoms with E-state index in [2.05, 4.69) is 33.0 Å². The molecule has 2 unspecified atom stereocenters. The van der Waals surface area contributed by atoms with Gasteiger partial charge < -0.3 is 5.32 Å². The molecule has 1 aliphatic rings. The van der Waals surface area contributed by atoms with E-state index in [1.807, 2.05) is 0 Å². The van der Waals surface area contributed by atoms with Crippen molar-refractivity contribution in [3.05, 3.63) is 0 Å². The van der Waals surface area contributed by atoms with E-state index in [4.69, 9.17) is 0 Å². The molecule has 0 aromatic heterocycles. The van der Waals surface area contributed by atoms with Gasteiger partial charge in [0.05, 0.1) is 0 Å². The van der Waals surface area contributed by atoms with Crippen molar-refractivity contribution in [2.24, 2.45) is 11.8 Å². The van der Waals surface area contributed by atoms with Gasteiger partial charge in [-0.3, -0.25) is 0 Å². The van der Waals surface area contributed by atoms with E-state index in [0.717, 1.165) is 17.9 Å². The lowest BCUT2D eigenvalue weighted by Gasteiger charge is -2.36. The first kappa shape index (κ1) is 11.0. The van der Waals surface area contributed by atoms with Crippen LogP contribution in [-0.4, -0.2) is 12.1 Å². The summed E-state index contributed by atoms with van der Waals surface area (Å²) in [6.07, 6.45) is 5.43. The minimum Gasteiger partial charge on any atom is -0.311 e. The molecule has 0 amide bonds. The molecule has 0 heterocycles. The second-order valence-corrected chi connectivity index (χ2v) is 5.09. The van der Waals surface area contributed by atoms with Crippen LogP contribution in [0.5, 0.6) is 0 Å². The van der Waals surface area contributed by atoms with E-state index in [0.29, 0.717) is 6.04 Å².